The van der Waals surface area contributed by atoms with Gasteiger partial charge in [0, 0.05) is 37.4 Å². The van der Waals surface area contributed by atoms with Gasteiger partial charge in [-0.25, -0.2) is 9.18 Å². The topological polar surface area (TPSA) is 121 Å². The molecule has 198 valence electrons. The molecule has 38 heavy (non-hydrogen) atoms. The predicted octanol–water partition coefficient (Wildman–Crippen LogP) is 3.95. The molecule has 1 aliphatic heterocycles. The first kappa shape index (κ1) is 25.6. The minimum absolute atomic E-state index is 0.00189. The van der Waals surface area contributed by atoms with E-state index in [0.29, 0.717) is 36.3 Å². The monoisotopic (exact) mass is 541 g/mol. The Morgan fingerprint density at radius 2 is 2.00 bits per heavy atom. The van der Waals surface area contributed by atoms with Gasteiger partial charge in [0.2, 0.25) is 11.3 Å². The third kappa shape index (κ3) is 4.79. The Kier molecular flexibility index (Phi) is 6.75. The summed E-state index contributed by atoms with van der Waals surface area (Å²) in [5, 5.41) is 22.0. The molecule has 3 N–H and O–H groups in total. The molecule has 0 spiro atoms. The van der Waals surface area contributed by atoms with Gasteiger partial charge in [0.25, 0.3) is 0 Å². The van der Waals surface area contributed by atoms with Gasteiger partial charge in [0.1, 0.15) is 11.4 Å². The number of ether oxygens (including phenoxy) is 1. The Bertz CT molecular complexity index is 1550. The summed E-state index contributed by atoms with van der Waals surface area (Å²) in [6.07, 6.45) is 6.42. The number of fused-ring (bicyclic) bond motifs is 1. The van der Waals surface area contributed by atoms with Crippen LogP contribution in [0.4, 0.5) is 10.1 Å². The number of nitrogens with one attached hydrogen (secondary N) is 1. The van der Waals surface area contributed by atoms with Crippen molar-refractivity contribution in [2.45, 2.75) is 31.3 Å². The smallest absolute Gasteiger partial charge is 0.341 e. The van der Waals surface area contributed by atoms with Crippen molar-refractivity contribution in [3.8, 4) is 11.5 Å². The maximum atomic E-state index is 15.3. The van der Waals surface area contributed by atoms with Crippen molar-refractivity contribution in [2.75, 3.05) is 25.1 Å². The fourth-order valence-corrected chi connectivity index (χ4v) is 5.22. The number of hydrogen-bond donors (Lipinski definition) is 3. The largest absolute Gasteiger partial charge is 0.504 e. The summed E-state index contributed by atoms with van der Waals surface area (Å²) in [5.41, 5.74) is -0.0859. The Morgan fingerprint density at radius 1 is 1.24 bits per heavy atom. The third-order valence-electron chi connectivity index (χ3n) is 6.84. The van der Waals surface area contributed by atoms with Gasteiger partial charge in [-0.3, -0.25) is 9.59 Å². The van der Waals surface area contributed by atoms with Crippen LogP contribution in [0.5, 0.6) is 11.5 Å². The van der Waals surface area contributed by atoms with Crippen molar-refractivity contribution in [1.29, 1.82) is 0 Å². The number of halogens is 2. The first-order chi connectivity index (χ1) is 18.2. The minimum atomic E-state index is -1.37. The number of rotatable bonds is 7. The number of pyridine rings is 1. The molecule has 0 radical (unpaired) electrons. The molecule has 2 aliphatic rings. The number of benzene rings is 2. The lowest BCUT2D eigenvalue weighted by atomic mass is 10.1. The van der Waals surface area contributed by atoms with E-state index in [0.717, 1.165) is 18.9 Å². The fraction of sp³-hybridized carbons (Fsp3) is 0.296. The van der Waals surface area contributed by atoms with Gasteiger partial charge in [0.05, 0.1) is 28.7 Å². The summed E-state index contributed by atoms with van der Waals surface area (Å²) in [6, 6.07) is 5.50. The van der Waals surface area contributed by atoms with Gasteiger partial charge in [0.15, 0.2) is 11.5 Å². The number of aromatic nitrogens is 1. The lowest BCUT2D eigenvalue weighted by Gasteiger charge is -2.23. The van der Waals surface area contributed by atoms with Crippen LogP contribution in [-0.2, 0) is 4.79 Å². The summed E-state index contributed by atoms with van der Waals surface area (Å²) in [4.78, 5) is 38.6. The van der Waals surface area contributed by atoms with E-state index in [-0.39, 0.29) is 39.8 Å². The normalized spacial score (nSPS) is 17.3. The second kappa shape index (κ2) is 10.0. The highest BCUT2D eigenvalue weighted by atomic mass is 35.5. The van der Waals surface area contributed by atoms with Crippen molar-refractivity contribution < 1.29 is 28.9 Å². The van der Waals surface area contributed by atoms with E-state index in [9.17, 15) is 24.6 Å². The standard InChI is InChI=1S/C27H25ClFN3O6/c1-38-21-10-14(2-6-20(21)33)3-7-22(34)30-15-8-9-31(12-15)25-19(29)11-17-24(23(25)28)32(16-4-5-16)13-18(26(17)35)27(36)37/h2-3,6-7,10-11,13,15-16,33H,4-5,8-9,12H2,1H3,(H,30,34)(H,36,37)/b7-3+. The van der Waals surface area contributed by atoms with Crippen molar-refractivity contribution in [3.63, 3.8) is 0 Å². The number of phenols is 1. The molecule has 1 atom stereocenters. The Hall–Kier alpha value is -4.05. The quantitative estimate of drug-likeness (QED) is 0.387. The van der Waals surface area contributed by atoms with Gasteiger partial charge in [-0.15, -0.1) is 0 Å². The van der Waals surface area contributed by atoms with E-state index >= 15 is 4.39 Å². The van der Waals surface area contributed by atoms with E-state index < -0.39 is 22.8 Å². The second-order valence-electron chi connectivity index (χ2n) is 9.44. The second-order valence-corrected chi connectivity index (χ2v) is 9.82. The number of phenolic OH excluding ortho intramolecular Hbond substituents is 1. The van der Waals surface area contributed by atoms with E-state index in [1.807, 2.05) is 0 Å². The number of methoxy groups -OCH3 is 1. The Morgan fingerprint density at radius 3 is 2.68 bits per heavy atom. The van der Waals surface area contributed by atoms with Gasteiger partial charge in [-0.05, 0) is 49.1 Å². The number of carboxylic acids is 1. The number of carbonyl (C=O) groups is 2. The van der Waals surface area contributed by atoms with Crippen LogP contribution in [-0.4, -0.2) is 52.9 Å². The predicted molar refractivity (Wildman–Crippen MR) is 141 cm³/mol. The molecule has 9 nitrogen and oxygen atoms in total. The zero-order chi connectivity index (χ0) is 27.1. The maximum Gasteiger partial charge on any atom is 0.341 e. The Balaban J connectivity index is 1.37. The maximum absolute atomic E-state index is 15.3. The molecule has 2 heterocycles. The highest BCUT2D eigenvalue weighted by molar-refractivity contribution is 6.38. The molecule has 1 saturated carbocycles. The molecule has 1 unspecified atom stereocenters. The minimum Gasteiger partial charge on any atom is -0.504 e. The van der Waals surface area contributed by atoms with Gasteiger partial charge in [-0.1, -0.05) is 17.7 Å². The van der Waals surface area contributed by atoms with Crippen LogP contribution in [0.2, 0.25) is 5.02 Å². The molecular formula is C27H25ClFN3O6. The van der Waals surface area contributed by atoms with E-state index in [1.54, 1.807) is 27.7 Å². The Labute approximate surface area is 221 Å². The molecular weight excluding hydrogens is 517 g/mol. The van der Waals surface area contributed by atoms with Gasteiger partial charge in [-0.2, -0.15) is 0 Å². The van der Waals surface area contributed by atoms with Crippen molar-refractivity contribution in [3.05, 3.63) is 68.7 Å². The number of anilines is 1. The zero-order valence-corrected chi connectivity index (χ0v) is 21.2. The highest BCUT2D eigenvalue weighted by Gasteiger charge is 2.32. The summed E-state index contributed by atoms with van der Waals surface area (Å²) in [7, 11) is 1.43. The molecule has 2 aromatic carbocycles. The molecule has 1 amide bonds. The number of carbonyl (C=O) groups excluding carboxylic acids is 1. The summed E-state index contributed by atoms with van der Waals surface area (Å²) in [6.45, 7) is 0.725. The molecule has 2 fully saturated rings. The number of carboxylic acid groups (broad SMARTS) is 1. The molecule has 1 aromatic heterocycles. The van der Waals surface area contributed by atoms with Crippen molar-refractivity contribution >= 4 is 46.1 Å². The molecule has 0 bridgehead atoms. The summed E-state index contributed by atoms with van der Waals surface area (Å²) in [5.74, 6) is -2.14. The van der Waals surface area contributed by atoms with Gasteiger partial charge >= 0.3 is 5.97 Å². The molecule has 11 heteroatoms. The van der Waals surface area contributed by atoms with E-state index in [2.05, 4.69) is 5.32 Å². The van der Waals surface area contributed by atoms with E-state index in [4.69, 9.17) is 16.3 Å². The average Bonchev–Trinajstić information content (AvgIpc) is 3.63. The van der Waals surface area contributed by atoms with Crippen molar-refractivity contribution in [2.24, 2.45) is 0 Å². The third-order valence-corrected chi connectivity index (χ3v) is 7.19. The zero-order valence-electron chi connectivity index (χ0n) is 20.4. The van der Waals surface area contributed by atoms with Gasteiger partial charge < -0.3 is 29.7 Å². The number of hydrogen-bond acceptors (Lipinski definition) is 6. The van der Waals surface area contributed by atoms with E-state index in [1.165, 1.54) is 25.4 Å². The number of amides is 1. The lowest BCUT2D eigenvalue weighted by Crippen LogP contribution is -2.36. The van der Waals surface area contributed by atoms with Crippen LogP contribution in [0.1, 0.15) is 41.2 Å². The van der Waals surface area contributed by atoms with Crippen LogP contribution in [0.15, 0.2) is 41.3 Å². The molecule has 1 saturated heterocycles. The number of aromatic carboxylic acids is 1. The SMILES string of the molecule is COc1cc(/C=C/C(=O)NC2CCN(c3c(F)cc4c(=O)c(C(=O)O)cn(C5CC5)c4c3Cl)C2)ccc1O. The van der Waals surface area contributed by atoms with Crippen LogP contribution in [0, 0.1) is 5.82 Å². The van der Waals surface area contributed by atoms with Crippen LogP contribution >= 0.6 is 11.6 Å². The number of aromatic hydroxyl groups is 1. The molecule has 3 aromatic rings. The van der Waals surface area contributed by atoms with Crippen LogP contribution in [0.25, 0.3) is 17.0 Å². The molecule has 5 rings (SSSR count). The van der Waals surface area contributed by atoms with Crippen LogP contribution in [0.3, 0.4) is 0 Å². The first-order valence-electron chi connectivity index (χ1n) is 12.1. The average molecular weight is 542 g/mol. The summed E-state index contributed by atoms with van der Waals surface area (Å²) < 4.78 is 22.1. The summed E-state index contributed by atoms with van der Waals surface area (Å²) >= 11 is 6.70. The lowest BCUT2D eigenvalue weighted by molar-refractivity contribution is -0.117. The fourth-order valence-electron chi connectivity index (χ4n) is 4.81. The first-order valence-corrected chi connectivity index (χ1v) is 12.5. The highest BCUT2D eigenvalue weighted by Crippen LogP contribution is 2.42. The molecule has 1 aliphatic carbocycles. The van der Waals surface area contributed by atoms with Crippen LogP contribution < -0.4 is 20.4 Å². The van der Waals surface area contributed by atoms with Crippen molar-refractivity contribution in [1.82, 2.24) is 9.88 Å². The number of nitrogens with zero attached hydrogens (tertiary/aromatic N) is 2.